The van der Waals surface area contributed by atoms with Gasteiger partial charge in [0, 0.05) is 16.5 Å². The third kappa shape index (κ3) is 2.79. The highest BCUT2D eigenvalue weighted by Gasteiger charge is 2.21. The van der Waals surface area contributed by atoms with Gasteiger partial charge in [-0.25, -0.2) is 0 Å². The fourth-order valence-corrected chi connectivity index (χ4v) is 3.13. The van der Waals surface area contributed by atoms with Crippen molar-refractivity contribution in [2.75, 3.05) is 7.11 Å². The third-order valence-corrected chi connectivity index (χ3v) is 4.20. The van der Waals surface area contributed by atoms with Crippen LogP contribution in [-0.4, -0.2) is 13.2 Å². The zero-order chi connectivity index (χ0) is 10.6. The van der Waals surface area contributed by atoms with Crippen molar-refractivity contribution >= 4 is 27.3 Å². The molecule has 2 nitrogen and oxygen atoms in total. The van der Waals surface area contributed by atoms with E-state index in [2.05, 4.69) is 22.9 Å². The summed E-state index contributed by atoms with van der Waals surface area (Å²) in [5.41, 5.74) is 6.14. The van der Waals surface area contributed by atoms with Gasteiger partial charge in [-0.2, -0.15) is 0 Å². The highest BCUT2D eigenvalue weighted by molar-refractivity contribution is 9.10. The Morgan fingerprint density at radius 2 is 2.36 bits per heavy atom. The first kappa shape index (κ1) is 12.2. The Labute approximate surface area is 97.6 Å². The summed E-state index contributed by atoms with van der Waals surface area (Å²) < 4.78 is 6.48. The van der Waals surface area contributed by atoms with E-state index in [9.17, 15) is 0 Å². The highest BCUT2D eigenvalue weighted by atomic mass is 79.9. The second-order valence-electron chi connectivity index (χ2n) is 3.22. The molecule has 1 aromatic heterocycles. The predicted molar refractivity (Wildman–Crippen MR) is 64.7 cm³/mol. The molecule has 1 heterocycles. The number of methoxy groups -OCH3 is 1. The molecule has 0 saturated carbocycles. The van der Waals surface area contributed by atoms with Crippen LogP contribution >= 0.6 is 27.3 Å². The maximum atomic E-state index is 6.14. The van der Waals surface area contributed by atoms with Crippen molar-refractivity contribution in [3.63, 3.8) is 0 Å². The van der Waals surface area contributed by atoms with Crippen LogP contribution < -0.4 is 5.73 Å². The quantitative estimate of drug-likeness (QED) is 0.896. The van der Waals surface area contributed by atoms with Crippen LogP contribution in [0, 0.1) is 0 Å². The Morgan fingerprint density at radius 3 is 2.79 bits per heavy atom. The molecule has 0 aromatic carbocycles. The molecule has 0 aliphatic rings. The normalized spacial score (nSPS) is 15.4. The van der Waals surface area contributed by atoms with E-state index in [1.54, 1.807) is 18.4 Å². The molecular formula is C10H16BrNOS. The smallest absolute Gasteiger partial charge is 0.0772 e. The Morgan fingerprint density at radius 1 is 1.64 bits per heavy atom. The zero-order valence-electron chi connectivity index (χ0n) is 8.50. The van der Waals surface area contributed by atoms with Crippen molar-refractivity contribution in [2.24, 2.45) is 5.73 Å². The van der Waals surface area contributed by atoms with Crippen LogP contribution in [0.4, 0.5) is 0 Å². The van der Waals surface area contributed by atoms with Crippen LogP contribution in [0.5, 0.6) is 0 Å². The molecule has 2 N–H and O–H groups in total. The number of rotatable bonds is 5. The van der Waals surface area contributed by atoms with Crippen LogP contribution in [0.3, 0.4) is 0 Å². The van der Waals surface area contributed by atoms with Crippen molar-refractivity contribution in [1.29, 1.82) is 0 Å². The Hall–Kier alpha value is 0.100. The van der Waals surface area contributed by atoms with E-state index >= 15 is 0 Å². The molecule has 1 rings (SSSR count). The molecule has 2 unspecified atom stereocenters. The van der Waals surface area contributed by atoms with Crippen molar-refractivity contribution in [1.82, 2.24) is 0 Å². The van der Waals surface area contributed by atoms with E-state index in [-0.39, 0.29) is 12.1 Å². The van der Waals surface area contributed by atoms with Crippen molar-refractivity contribution in [3.8, 4) is 0 Å². The summed E-state index contributed by atoms with van der Waals surface area (Å²) in [6.07, 6.45) is 2.21. The van der Waals surface area contributed by atoms with Gasteiger partial charge in [-0.3, -0.25) is 0 Å². The average Bonchev–Trinajstić information content (AvgIpc) is 2.59. The van der Waals surface area contributed by atoms with Crippen molar-refractivity contribution < 1.29 is 4.74 Å². The third-order valence-electron chi connectivity index (χ3n) is 2.22. The SMILES string of the molecule is CCCC(OC)C(N)c1sccc1Br. The van der Waals surface area contributed by atoms with E-state index in [0.717, 1.165) is 17.3 Å². The summed E-state index contributed by atoms with van der Waals surface area (Å²) in [4.78, 5) is 1.17. The van der Waals surface area contributed by atoms with Gasteiger partial charge in [0.2, 0.25) is 0 Å². The molecular weight excluding hydrogens is 262 g/mol. The van der Waals surface area contributed by atoms with Gasteiger partial charge in [-0.05, 0) is 33.8 Å². The minimum Gasteiger partial charge on any atom is -0.379 e. The molecule has 4 heteroatoms. The summed E-state index contributed by atoms with van der Waals surface area (Å²) in [6, 6.07) is 2.01. The molecule has 2 atom stereocenters. The van der Waals surface area contributed by atoms with Crippen molar-refractivity contribution in [3.05, 3.63) is 20.8 Å². The predicted octanol–water partition coefficient (Wildman–Crippen LogP) is 3.33. The first-order chi connectivity index (χ1) is 6.70. The molecule has 0 aliphatic heterocycles. The lowest BCUT2D eigenvalue weighted by Crippen LogP contribution is -2.27. The molecule has 1 aromatic rings. The van der Waals surface area contributed by atoms with E-state index in [4.69, 9.17) is 10.5 Å². The highest BCUT2D eigenvalue weighted by Crippen LogP contribution is 2.31. The van der Waals surface area contributed by atoms with Crippen molar-refractivity contribution in [2.45, 2.75) is 31.9 Å². The van der Waals surface area contributed by atoms with Gasteiger partial charge in [0.05, 0.1) is 12.1 Å². The maximum absolute atomic E-state index is 6.14. The fraction of sp³-hybridized carbons (Fsp3) is 0.600. The van der Waals surface area contributed by atoms with Gasteiger partial charge in [-0.15, -0.1) is 11.3 Å². The van der Waals surface area contributed by atoms with Gasteiger partial charge in [0.1, 0.15) is 0 Å². The van der Waals surface area contributed by atoms with E-state index < -0.39 is 0 Å². The maximum Gasteiger partial charge on any atom is 0.0772 e. The van der Waals surface area contributed by atoms with E-state index in [1.807, 2.05) is 11.4 Å². The topological polar surface area (TPSA) is 35.2 Å². The van der Waals surface area contributed by atoms with Gasteiger partial charge in [0.15, 0.2) is 0 Å². The minimum absolute atomic E-state index is 0.0191. The monoisotopic (exact) mass is 277 g/mol. The Kier molecular flexibility index (Phi) is 5.09. The zero-order valence-corrected chi connectivity index (χ0v) is 10.9. The lowest BCUT2D eigenvalue weighted by molar-refractivity contribution is 0.0733. The summed E-state index contributed by atoms with van der Waals surface area (Å²) in [7, 11) is 1.72. The second-order valence-corrected chi connectivity index (χ2v) is 5.02. The van der Waals surface area contributed by atoms with Crippen LogP contribution in [-0.2, 0) is 4.74 Å². The molecule has 0 amide bonds. The number of hydrogen-bond acceptors (Lipinski definition) is 3. The molecule has 0 bridgehead atoms. The Balaban J connectivity index is 2.72. The van der Waals surface area contributed by atoms with E-state index in [1.165, 1.54) is 4.88 Å². The minimum atomic E-state index is -0.0191. The van der Waals surface area contributed by atoms with Gasteiger partial charge in [0.25, 0.3) is 0 Å². The summed E-state index contributed by atoms with van der Waals surface area (Å²) in [5.74, 6) is 0. The Bertz CT molecular complexity index is 277. The first-order valence-corrected chi connectivity index (χ1v) is 6.39. The average molecular weight is 278 g/mol. The molecule has 14 heavy (non-hydrogen) atoms. The standard InChI is InChI=1S/C10H16BrNOS/c1-3-4-8(13-2)9(12)10-7(11)5-6-14-10/h5-6,8-9H,3-4,12H2,1-2H3. The molecule has 0 aliphatic carbocycles. The lowest BCUT2D eigenvalue weighted by Gasteiger charge is -2.21. The molecule has 0 radical (unpaired) electrons. The second kappa shape index (κ2) is 5.85. The van der Waals surface area contributed by atoms with Crippen LogP contribution in [0.25, 0.3) is 0 Å². The number of thiophene rings is 1. The van der Waals surface area contributed by atoms with Gasteiger partial charge in [-0.1, -0.05) is 13.3 Å². The number of hydrogen-bond donors (Lipinski definition) is 1. The lowest BCUT2D eigenvalue weighted by atomic mass is 10.1. The van der Waals surface area contributed by atoms with Gasteiger partial charge < -0.3 is 10.5 Å². The summed E-state index contributed by atoms with van der Waals surface area (Å²) >= 11 is 5.17. The molecule has 0 spiro atoms. The van der Waals surface area contributed by atoms with Crippen LogP contribution in [0.2, 0.25) is 0 Å². The largest absolute Gasteiger partial charge is 0.379 e. The molecule has 0 fully saturated rings. The molecule has 0 saturated heterocycles. The number of nitrogens with two attached hydrogens (primary N) is 1. The summed E-state index contributed by atoms with van der Waals surface area (Å²) in [5, 5.41) is 2.04. The molecule has 80 valence electrons. The van der Waals surface area contributed by atoms with Crippen LogP contribution in [0.15, 0.2) is 15.9 Å². The number of ether oxygens (including phenoxy) is 1. The summed E-state index contributed by atoms with van der Waals surface area (Å²) in [6.45, 7) is 2.14. The van der Waals surface area contributed by atoms with Crippen LogP contribution in [0.1, 0.15) is 30.7 Å². The van der Waals surface area contributed by atoms with E-state index in [0.29, 0.717) is 0 Å². The van der Waals surface area contributed by atoms with Gasteiger partial charge >= 0.3 is 0 Å². The fourth-order valence-electron chi connectivity index (χ4n) is 1.44. The number of halogens is 1. The first-order valence-electron chi connectivity index (χ1n) is 4.72.